The van der Waals surface area contributed by atoms with Crippen LogP contribution in [-0.2, 0) is 20.7 Å². The predicted molar refractivity (Wildman–Crippen MR) is 74.3 cm³/mol. The summed E-state index contributed by atoms with van der Waals surface area (Å²) in [5, 5.41) is 11.3. The Balaban J connectivity index is 2.48. The van der Waals surface area contributed by atoms with Crippen molar-refractivity contribution in [2.24, 2.45) is 0 Å². The van der Waals surface area contributed by atoms with Crippen LogP contribution in [0.5, 0.6) is 0 Å². The van der Waals surface area contributed by atoms with Crippen molar-refractivity contribution in [1.29, 1.82) is 0 Å². The van der Waals surface area contributed by atoms with Crippen LogP contribution in [0.25, 0.3) is 0 Å². The summed E-state index contributed by atoms with van der Waals surface area (Å²) in [4.78, 5) is 22.3. The monoisotopic (exact) mass is 363 g/mol. The third kappa shape index (κ3) is 4.61. The lowest BCUT2D eigenvalue weighted by molar-refractivity contribution is -0.148. The van der Waals surface area contributed by atoms with E-state index in [1.165, 1.54) is 7.11 Å². The van der Waals surface area contributed by atoms with E-state index in [1.807, 2.05) is 24.3 Å². The van der Waals surface area contributed by atoms with Gasteiger partial charge in [-0.2, -0.15) is 0 Å². The average Bonchev–Trinajstić information content (AvgIpc) is 2.32. The molecule has 0 aliphatic heterocycles. The molecule has 0 bridgehead atoms. The molecular weight excluding hydrogens is 349 g/mol. The summed E-state index contributed by atoms with van der Waals surface area (Å²) in [5.74, 6) is -1.31. The van der Waals surface area contributed by atoms with Gasteiger partial charge in [0.1, 0.15) is 0 Å². The zero-order valence-corrected chi connectivity index (χ0v) is 12.0. The number of ether oxygens (including phenoxy) is 1. The summed E-state index contributed by atoms with van der Waals surface area (Å²) in [6.45, 7) is -0.0337. The summed E-state index contributed by atoms with van der Waals surface area (Å²) < 4.78 is 5.73. The number of carbonyl (C=O) groups excluding carboxylic acids is 1. The second-order valence-electron chi connectivity index (χ2n) is 3.63. The number of carbonyl (C=O) groups is 2. The average molecular weight is 363 g/mol. The van der Waals surface area contributed by atoms with Crippen LogP contribution in [0, 0.1) is 3.57 Å². The summed E-state index contributed by atoms with van der Waals surface area (Å²) in [6.07, 6.45) is -0.779. The number of rotatable bonds is 6. The van der Waals surface area contributed by atoms with Gasteiger partial charge in [-0.25, -0.2) is 4.79 Å². The van der Waals surface area contributed by atoms with Crippen LogP contribution in [0.4, 0.5) is 0 Å². The van der Waals surface area contributed by atoms with Crippen LogP contribution < -0.4 is 5.32 Å². The Bertz CT molecular complexity index is 436. The minimum Gasteiger partial charge on any atom is -0.479 e. The molecular formula is C12H14INO4. The van der Waals surface area contributed by atoms with Crippen molar-refractivity contribution in [2.45, 2.75) is 12.5 Å². The highest BCUT2D eigenvalue weighted by Gasteiger charge is 2.17. The van der Waals surface area contributed by atoms with E-state index in [2.05, 4.69) is 27.9 Å². The highest BCUT2D eigenvalue weighted by atomic mass is 127. The van der Waals surface area contributed by atoms with Crippen LogP contribution in [0.15, 0.2) is 24.3 Å². The van der Waals surface area contributed by atoms with Crippen molar-refractivity contribution in [1.82, 2.24) is 5.32 Å². The van der Waals surface area contributed by atoms with E-state index in [1.54, 1.807) is 0 Å². The first-order chi connectivity index (χ1) is 8.54. The van der Waals surface area contributed by atoms with Gasteiger partial charge in [-0.05, 0) is 34.2 Å². The molecule has 5 nitrogen and oxygen atoms in total. The van der Waals surface area contributed by atoms with Gasteiger partial charge in [0.05, 0.1) is 13.0 Å². The van der Waals surface area contributed by atoms with E-state index < -0.39 is 12.1 Å². The van der Waals surface area contributed by atoms with Gasteiger partial charge in [-0.3, -0.25) is 4.79 Å². The fourth-order valence-electron chi connectivity index (χ4n) is 1.36. The number of carboxylic acid groups (broad SMARTS) is 1. The molecule has 0 aliphatic carbocycles. The molecule has 0 aromatic heterocycles. The fraction of sp³-hybridized carbons (Fsp3) is 0.333. The van der Waals surface area contributed by atoms with E-state index in [4.69, 9.17) is 9.84 Å². The lowest BCUT2D eigenvalue weighted by Gasteiger charge is -2.11. The molecule has 0 saturated heterocycles. The zero-order valence-electron chi connectivity index (χ0n) is 9.85. The van der Waals surface area contributed by atoms with Gasteiger partial charge in [0.2, 0.25) is 5.91 Å². The Hall–Kier alpha value is -1.15. The second-order valence-corrected chi connectivity index (χ2v) is 4.80. The van der Waals surface area contributed by atoms with Gasteiger partial charge in [0, 0.05) is 10.7 Å². The van der Waals surface area contributed by atoms with Gasteiger partial charge in [0.15, 0.2) is 6.10 Å². The fourth-order valence-corrected chi connectivity index (χ4v) is 1.93. The summed E-state index contributed by atoms with van der Waals surface area (Å²) in [5.41, 5.74) is 0.917. The minimum absolute atomic E-state index is 0.0337. The third-order valence-corrected chi connectivity index (χ3v) is 3.41. The van der Waals surface area contributed by atoms with Crippen molar-refractivity contribution < 1.29 is 19.4 Å². The number of halogens is 1. The van der Waals surface area contributed by atoms with E-state index >= 15 is 0 Å². The Labute approximate surface area is 119 Å². The molecule has 1 unspecified atom stereocenters. The Morgan fingerprint density at radius 2 is 2.11 bits per heavy atom. The smallest absolute Gasteiger partial charge is 0.334 e. The molecule has 18 heavy (non-hydrogen) atoms. The molecule has 0 radical (unpaired) electrons. The zero-order chi connectivity index (χ0) is 13.5. The van der Waals surface area contributed by atoms with Gasteiger partial charge in [-0.1, -0.05) is 18.2 Å². The summed E-state index contributed by atoms with van der Waals surface area (Å²) >= 11 is 2.15. The maximum Gasteiger partial charge on any atom is 0.334 e. The first kappa shape index (κ1) is 14.9. The van der Waals surface area contributed by atoms with Crippen LogP contribution >= 0.6 is 22.6 Å². The van der Waals surface area contributed by atoms with Gasteiger partial charge in [0.25, 0.3) is 0 Å². The van der Waals surface area contributed by atoms with Crippen LogP contribution in [0.2, 0.25) is 0 Å². The molecule has 1 atom stereocenters. The molecule has 6 heteroatoms. The molecule has 0 heterocycles. The van der Waals surface area contributed by atoms with Crippen LogP contribution in [0.1, 0.15) is 5.56 Å². The van der Waals surface area contributed by atoms with E-state index in [0.29, 0.717) is 0 Å². The molecule has 98 valence electrons. The van der Waals surface area contributed by atoms with E-state index in [0.717, 1.165) is 9.13 Å². The Morgan fingerprint density at radius 3 is 2.67 bits per heavy atom. The number of aliphatic carboxylic acids is 1. The van der Waals surface area contributed by atoms with E-state index in [9.17, 15) is 9.59 Å². The van der Waals surface area contributed by atoms with E-state index in [-0.39, 0.29) is 18.9 Å². The number of hydrogen-bond donors (Lipinski definition) is 2. The molecule has 0 aliphatic rings. The number of methoxy groups -OCH3 is 1. The summed E-state index contributed by atoms with van der Waals surface area (Å²) in [6, 6.07) is 7.54. The van der Waals surface area contributed by atoms with Crippen molar-refractivity contribution in [3.05, 3.63) is 33.4 Å². The SMILES string of the molecule is COC(CNC(=O)Cc1ccccc1I)C(=O)O. The quantitative estimate of drug-likeness (QED) is 0.741. The number of nitrogens with one attached hydrogen (secondary N) is 1. The van der Waals surface area contributed by atoms with Crippen LogP contribution in [0.3, 0.4) is 0 Å². The molecule has 1 rings (SSSR count). The number of amides is 1. The van der Waals surface area contributed by atoms with Crippen molar-refractivity contribution in [2.75, 3.05) is 13.7 Å². The van der Waals surface area contributed by atoms with Gasteiger partial charge in [-0.15, -0.1) is 0 Å². The lowest BCUT2D eigenvalue weighted by atomic mass is 10.1. The first-order valence-corrected chi connectivity index (χ1v) is 6.38. The predicted octanol–water partition coefficient (Wildman–Crippen LogP) is 1.05. The largest absolute Gasteiger partial charge is 0.479 e. The minimum atomic E-state index is -1.09. The molecule has 0 fully saturated rings. The lowest BCUT2D eigenvalue weighted by Crippen LogP contribution is -2.38. The number of hydrogen-bond acceptors (Lipinski definition) is 3. The van der Waals surface area contributed by atoms with Gasteiger partial charge < -0.3 is 15.2 Å². The highest BCUT2D eigenvalue weighted by molar-refractivity contribution is 14.1. The topological polar surface area (TPSA) is 75.6 Å². The molecule has 0 saturated carbocycles. The summed E-state index contributed by atoms with van der Waals surface area (Å²) in [7, 11) is 1.30. The maximum atomic E-state index is 11.6. The van der Waals surface area contributed by atoms with Crippen molar-refractivity contribution in [3.8, 4) is 0 Å². The Kier molecular flexibility index (Phi) is 6.06. The first-order valence-electron chi connectivity index (χ1n) is 5.30. The molecule has 1 amide bonds. The molecule has 1 aromatic carbocycles. The molecule has 0 spiro atoms. The normalized spacial score (nSPS) is 11.9. The molecule has 2 N–H and O–H groups in total. The standard InChI is InChI=1S/C12H14INO4/c1-18-10(12(16)17)7-14-11(15)6-8-4-2-3-5-9(8)13/h2-5,10H,6-7H2,1H3,(H,14,15)(H,16,17). The highest BCUT2D eigenvalue weighted by Crippen LogP contribution is 2.11. The molecule has 1 aromatic rings. The second kappa shape index (κ2) is 7.32. The van der Waals surface area contributed by atoms with Crippen LogP contribution in [-0.4, -0.2) is 36.7 Å². The number of carboxylic acids is 1. The van der Waals surface area contributed by atoms with Crippen molar-refractivity contribution >= 4 is 34.5 Å². The Morgan fingerprint density at radius 1 is 1.44 bits per heavy atom. The maximum absolute atomic E-state index is 11.6. The third-order valence-electron chi connectivity index (χ3n) is 2.35. The van der Waals surface area contributed by atoms with Gasteiger partial charge >= 0.3 is 5.97 Å². The number of benzene rings is 1. The van der Waals surface area contributed by atoms with Crippen molar-refractivity contribution in [3.63, 3.8) is 0 Å².